The van der Waals surface area contributed by atoms with Crippen molar-refractivity contribution in [1.29, 1.82) is 0 Å². The Balaban J connectivity index is 2.00. The summed E-state index contributed by atoms with van der Waals surface area (Å²) >= 11 is 0. The van der Waals surface area contributed by atoms with Crippen molar-refractivity contribution in [3.8, 4) is 11.5 Å². The third-order valence-corrected chi connectivity index (χ3v) is 6.69. The van der Waals surface area contributed by atoms with E-state index in [1.54, 1.807) is 37.3 Å². The van der Waals surface area contributed by atoms with Gasteiger partial charge in [0.05, 0.1) is 17.7 Å². The number of carbonyl (C=O) groups excluding carboxylic acids is 1. The van der Waals surface area contributed by atoms with Crippen LogP contribution in [0.15, 0.2) is 91.0 Å². The van der Waals surface area contributed by atoms with Gasteiger partial charge in [0.25, 0.3) is 5.91 Å². The van der Waals surface area contributed by atoms with Crippen LogP contribution in [-0.4, -0.2) is 25.0 Å². The topological polar surface area (TPSA) is 47.6 Å². The summed E-state index contributed by atoms with van der Waals surface area (Å²) in [6.45, 7) is 1.54. The molecule has 4 aromatic carbocycles. The molecular formula is C32H24F9NO3. The van der Waals surface area contributed by atoms with Gasteiger partial charge in [-0.3, -0.25) is 4.79 Å². The van der Waals surface area contributed by atoms with Crippen LogP contribution >= 0.6 is 0 Å². The number of carbonyl (C=O) groups is 1. The Kier molecular flexibility index (Phi) is 9.69. The summed E-state index contributed by atoms with van der Waals surface area (Å²) in [7, 11) is 0. The van der Waals surface area contributed by atoms with Gasteiger partial charge in [-0.25, -0.2) is 8.78 Å². The molecular weight excluding hydrogens is 617 g/mol. The molecule has 4 rings (SSSR count). The second-order valence-electron chi connectivity index (χ2n) is 9.82. The zero-order valence-corrected chi connectivity index (χ0v) is 23.3. The summed E-state index contributed by atoms with van der Waals surface area (Å²) in [5.41, 5.74) is -3.62. The molecule has 4 nitrogen and oxygen atoms in total. The molecule has 1 unspecified atom stereocenters. The monoisotopic (exact) mass is 641 g/mol. The van der Waals surface area contributed by atoms with E-state index in [4.69, 9.17) is 4.74 Å². The minimum atomic E-state index is -5.04. The Bertz CT molecular complexity index is 1640. The van der Waals surface area contributed by atoms with Gasteiger partial charge in [-0.2, -0.15) is 30.7 Å². The van der Waals surface area contributed by atoms with Crippen molar-refractivity contribution in [2.75, 3.05) is 6.61 Å². The fraction of sp³-hybridized carbons (Fsp3) is 0.219. The van der Waals surface area contributed by atoms with Gasteiger partial charge >= 0.3 is 18.7 Å². The van der Waals surface area contributed by atoms with Crippen LogP contribution in [-0.2, 0) is 18.1 Å². The molecule has 0 aliphatic rings. The zero-order chi connectivity index (χ0) is 33.0. The number of alkyl halides is 7. The molecule has 0 radical (unpaired) electrons. The Morgan fingerprint density at radius 3 is 2.16 bits per heavy atom. The number of hydrogen-bond donors (Lipinski definition) is 1. The van der Waals surface area contributed by atoms with Crippen molar-refractivity contribution in [2.24, 2.45) is 0 Å². The molecule has 238 valence electrons. The fourth-order valence-corrected chi connectivity index (χ4v) is 4.67. The highest BCUT2D eigenvalue weighted by atomic mass is 19.4. The molecule has 0 saturated carbocycles. The van der Waals surface area contributed by atoms with E-state index in [9.17, 15) is 39.9 Å². The summed E-state index contributed by atoms with van der Waals surface area (Å²) in [5, 5.41) is 2.59. The van der Waals surface area contributed by atoms with Gasteiger partial charge in [0.2, 0.25) is 0 Å². The molecule has 0 bridgehead atoms. The van der Waals surface area contributed by atoms with Crippen LogP contribution in [0, 0.1) is 11.6 Å². The Labute approximate surface area is 251 Å². The predicted molar refractivity (Wildman–Crippen MR) is 145 cm³/mol. The molecule has 0 aliphatic heterocycles. The summed E-state index contributed by atoms with van der Waals surface area (Å²) in [6, 6.07) is 16.7. The molecule has 13 heteroatoms. The second-order valence-corrected chi connectivity index (χ2v) is 9.82. The number of nitrogens with one attached hydrogen (secondary N) is 1. The number of rotatable bonds is 11. The predicted octanol–water partition coefficient (Wildman–Crippen LogP) is 8.54. The van der Waals surface area contributed by atoms with E-state index >= 15 is 4.39 Å². The first-order chi connectivity index (χ1) is 21.1. The maximum atomic E-state index is 15.1. The van der Waals surface area contributed by atoms with Crippen molar-refractivity contribution in [1.82, 2.24) is 5.32 Å². The van der Waals surface area contributed by atoms with Crippen LogP contribution in [0.2, 0.25) is 0 Å². The molecule has 45 heavy (non-hydrogen) atoms. The first-order valence-electron chi connectivity index (χ1n) is 13.3. The maximum Gasteiger partial charge on any atom is 0.461 e. The average Bonchev–Trinajstić information content (AvgIpc) is 2.97. The van der Waals surface area contributed by atoms with E-state index < -0.39 is 58.7 Å². The van der Waals surface area contributed by atoms with E-state index in [1.807, 2.05) is 0 Å². The van der Waals surface area contributed by atoms with Gasteiger partial charge in [-0.05, 0) is 66.1 Å². The lowest BCUT2D eigenvalue weighted by Gasteiger charge is -2.37. The molecule has 1 amide bonds. The molecule has 1 N–H and O–H groups in total. The maximum absolute atomic E-state index is 15.1. The van der Waals surface area contributed by atoms with E-state index in [-0.39, 0.29) is 29.9 Å². The summed E-state index contributed by atoms with van der Waals surface area (Å²) < 4.78 is 133. The molecule has 4 aromatic rings. The van der Waals surface area contributed by atoms with E-state index in [2.05, 4.69) is 10.1 Å². The molecule has 1 atom stereocenters. The van der Waals surface area contributed by atoms with Crippen molar-refractivity contribution in [3.63, 3.8) is 0 Å². The molecule has 0 fully saturated rings. The first kappa shape index (κ1) is 33.2. The van der Waals surface area contributed by atoms with Crippen LogP contribution in [0.4, 0.5) is 39.5 Å². The highest BCUT2D eigenvalue weighted by Gasteiger charge is 2.45. The number of ether oxygens (including phenoxy) is 2. The minimum absolute atomic E-state index is 0.0106. The van der Waals surface area contributed by atoms with Crippen molar-refractivity contribution in [2.45, 2.75) is 37.6 Å². The van der Waals surface area contributed by atoms with Gasteiger partial charge in [0, 0.05) is 18.1 Å². The number of halogens is 9. The van der Waals surface area contributed by atoms with E-state index in [1.165, 1.54) is 6.07 Å². The molecule has 0 spiro atoms. The number of hydrogen-bond acceptors (Lipinski definition) is 3. The van der Waals surface area contributed by atoms with E-state index in [0.29, 0.717) is 17.7 Å². The summed E-state index contributed by atoms with van der Waals surface area (Å²) in [5.74, 6) is -4.57. The SMILES string of the molecule is CCOc1cc(C(Cc2ccccc2)(NC(=O)c2cccc(C(F)(F)F)c2)c2cc(F)cc(OC(F)(F)C(F)F)c2)ccc1F. The Hall–Kier alpha value is -4.68. The lowest BCUT2D eigenvalue weighted by atomic mass is 9.77. The average molecular weight is 642 g/mol. The van der Waals surface area contributed by atoms with Crippen molar-refractivity contribution < 1.29 is 53.8 Å². The van der Waals surface area contributed by atoms with Crippen LogP contribution in [0.5, 0.6) is 11.5 Å². The molecule has 0 saturated heterocycles. The molecule has 0 aliphatic carbocycles. The third-order valence-electron chi connectivity index (χ3n) is 6.69. The number of benzene rings is 4. The lowest BCUT2D eigenvalue weighted by Crippen LogP contribution is -2.49. The minimum Gasteiger partial charge on any atom is -0.491 e. The van der Waals surface area contributed by atoms with Gasteiger partial charge in [-0.1, -0.05) is 42.5 Å². The molecule has 0 heterocycles. The second kappa shape index (κ2) is 13.1. The first-order valence-corrected chi connectivity index (χ1v) is 13.3. The van der Waals surface area contributed by atoms with E-state index in [0.717, 1.165) is 42.5 Å². The van der Waals surface area contributed by atoms with Crippen LogP contribution in [0.25, 0.3) is 0 Å². The third kappa shape index (κ3) is 7.70. The van der Waals surface area contributed by atoms with Gasteiger partial charge in [-0.15, -0.1) is 0 Å². The van der Waals surface area contributed by atoms with Gasteiger partial charge < -0.3 is 14.8 Å². The normalized spacial score (nSPS) is 13.3. The van der Waals surface area contributed by atoms with Crippen molar-refractivity contribution >= 4 is 5.91 Å². The summed E-state index contributed by atoms with van der Waals surface area (Å²) in [6.07, 6.45) is -14.5. The lowest BCUT2D eigenvalue weighted by molar-refractivity contribution is -0.253. The largest absolute Gasteiger partial charge is 0.491 e. The summed E-state index contributed by atoms with van der Waals surface area (Å²) in [4.78, 5) is 13.7. The van der Waals surface area contributed by atoms with Gasteiger partial charge in [0.15, 0.2) is 11.6 Å². The van der Waals surface area contributed by atoms with Crippen LogP contribution in [0.1, 0.15) is 39.5 Å². The Morgan fingerprint density at radius 2 is 1.51 bits per heavy atom. The standard InChI is InChI=1S/C32H24F9NO3/c1-2-44-27-16-21(11-12-26(27)34)30(18-19-7-4-3-5-8-19,42-28(43)20-9-6-10-22(13-20)31(37,38)39)23-14-24(33)17-25(15-23)45-32(40,41)29(35)36/h3-17,29H,2,18H2,1H3,(H,42,43). The number of amides is 1. The van der Waals surface area contributed by atoms with Crippen LogP contribution < -0.4 is 14.8 Å². The quantitative estimate of drug-likeness (QED) is 0.167. The zero-order valence-electron chi connectivity index (χ0n) is 23.3. The molecule has 0 aromatic heterocycles. The van der Waals surface area contributed by atoms with Gasteiger partial charge in [0.1, 0.15) is 11.6 Å². The fourth-order valence-electron chi connectivity index (χ4n) is 4.67. The highest BCUT2D eigenvalue weighted by Crippen LogP contribution is 2.40. The highest BCUT2D eigenvalue weighted by molar-refractivity contribution is 5.95. The van der Waals surface area contributed by atoms with Crippen molar-refractivity contribution in [3.05, 3.63) is 130 Å². The van der Waals surface area contributed by atoms with Crippen LogP contribution in [0.3, 0.4) is 0 Å². The smallest absolute Gasteiger partial charge is 0.461 e. The Morgan fingerprint density at radius 1 is 0.800 bits per heavy atom.